The molecule has 0 radical (unpaired) electrons. The van der Waals surface area contributed by atoms with Crippen molar-refractivity contribution >= 4 is 33.3 Å². The molecule has 2 heteroatoms. The van der Waals surface area contributed by atoms with Gasteiger partial charge < -0.3 is 9.73 Å². The minimum Gasteiger partial charge on any atom is -0.456 e. The molecule has 0 saturated heterocycles. The smallest absolute Gasteiger partial charge is 0.135 e. The van der Waals surface area contributed by atoms with Crippen LogP contribution in [-0.2, 0) is 6.42 Å². The van der Waals surface area contributed by atoms with Crippen LogP contribution in [0.25, 0.3) is 33.1 Å². The minimum absolute atomic E-state index is 0.921. The first kappa shape index (κ1) is 14.6. The van der Waals surface area contributed by atoms with E-state index in [1.54, 1.807) is 0 Å². The number of furan rings is 1. The van der Waals surface area contributed by atoms with Crippen molar-refractivity contribution in [3.63, 3.8) is 0 Å². The summed E-state index contributed by atoms with van der Waals surface area (Å²) in [6, 6.07) is 29.8. The second kappa shape index (κ2) is 5.49. The molecule has 0 amide bonds. The van der Waals surface area contributed by atoms with Gasteiger partial charge in [0.25, 0.3) is 0 Å². The lowest BCUT2D eigenvalue weighted by Crippen LogP contribution is -1.91. The molecule has 0 unspecified atom stereocenters. The lowest BCUT2D eigenvalue weighted by molar-refractivity contribution is 0.669. The quantitative estimate of drug-likeness (QED) is 0.368. The van der Waals surface area contributed by atoms with Crippen LogP contribution < -0.4 is 5.32 Å². The van der Waals surface area contributed by atoms with Crippen LogP contribution in [0, 0.1) is 0 Å². The first-order valence-corrected chi connectivity index (χ1v) is 9.25. The predicted octanol–water partition coefficient (Wildman–Crippen LogP) is 6.90. The van der Waals surface area contributed by atoms with E-state index < -0.39 is 0 Å². The lowest BCUT2D eigenvalue weighted by Gasteiger charge is -2.09. The molecule has 1 N–H and O–H groups in total. The van der Waals surface area contributed by atoms with Crippen LogP contribution in [0.2, 0.25) is 0 Å². The number of nitrogens with one attached hydrogen (secondary N) is 1. The summed E-state index contributed by atoms with van der Waals surface area (Å²) >= 11 is 0. The van der Waals surface area contributed by atoms with E-state index in [0.29, 0.717) is 0 Å². The highest BCUT2D eigenvalue weighted by molar-refractivity contribution is 6.06. The average molecular weight is 347 g/mol. The summed E-state index contributed by atoms with van der Waals surface area (Å²) in [7, 11) is 0. The van der Waals surface area contributed by atoms with E-state index in [0.717, 1.165) is 39.7 Å². The minimum atomic E-state index is 0.921. The molecule has 4 aromatic carbocycles. The number of benzene rings is 4. The molecule has 27 heavy (non-hydrogen) atoms. The van der Waals surface area contributed by atoms with Crippen LogP contribution in [0.5, 0.6) is 0 Å². The number of para-hydroxylation sites is 1. The Morgan fingerprint density at radius 3 is 2.33 bits per heavy atom. The molecule has 0 bridgehead atoms. The van der Waals surface area contributed by atoms with Gasteiger partial charge in [-0.2, -0.15) is 0 Å². The van der Waals surface area contributed by atoms with Crippen molar-refractivity contribution in [3.05, 3.63) is 96.1 Å². The number of hydrogen-bond donors (Lipinski definition) is 1. The van der Waals surface area contributed by atoms with E-state index in [-0.39, 0.29) is 0 Å². The Morgan fingerprint density at radius 1 is 0.593 bits per heavy atom. The van der Waals surface area contributed by atoms with Gasteiger partial charge in [-0.15, -0.1) is 0 Å². The Bertz CT molecular complexity index is 1330. The Morgan fingerprint density at radius 2 is 1.33 bits per heavy atom. The molecular weight excluding hydrogens is 330 g/mol. The fourth-order valence-corrected chi connectivity index (χ4v) is 4.17. The first-order chi connectivity index (χ1) is 13.3. The van der Waals surface area contributed by atoms with E-state index in [1.807, 2.05) is 18.2 Å². The monoisotopic (exact) mass is 347 g/mol. The maximum atomic E-state index is 5.93. The Labute approximate surface area is 157 Å². The number of fused-ring (bicyclic) bond motifs is 6. The maximum Gasteiger partial charge on any atom is 0.135 e. The van der Waals surface area contributed by atoms with Crippen molar-refractivity contribution in [1.29, 1.82) is 0 Å². The highest BCUT2D eigenvalue weighted by atomic mass is 16.3. The molecule has 2 nitrogen and oxygen atoms in total. The van der Waals surface area contributed by atoms with Gasteiger partial charge in [-0.1, -0.05) is 48.5 Å². The normalized spacial score (nSPS) is 12.3. The van der Waals surface area contributed by atoms with E-state index in [2.05, 4.69) is 72.0 Å². The van der Waals surface area contributed by atoms with Crippen molar-refractivity contribution in [2.45, 2.75) is 6.42 Å². The van der Waals surface area contributed by atoms with Gasteiger partial charge in [-0.25, -0.2) is 0 Å². The molecule has 6 rings (SSSR count). The molecule has 1 aliphatic carbocycles. The molecule has 1 aliphatic rings. The lowest BCUT2D eigenvalue weighted by atomic mass is 10.1. The third kappa shape index (κ3) is 2.27. The highest BCUT2D eigenvalue weighted by Crippen LogP contribution is 2.38. The topological polar surface area (TPSA) is 25.2 Å². The zero-order valence-electron chi connectivity index (χ0n) is 14.7. The molecule has 5 aromatic rings. The zero-order valence-corrected chi connectivity index (χ0v) is 14.7. The van der Waals surface area contributed by atoms with Crippen molar-refractivity contribution < 1.29 is 4.42 Å². The van der Waals surface area contributed by atoms with E-state index >= 15 is 0 Å². The van der Waals surface area contributed by atoms with Crippen molar-refractivity contribution in [2.75, 3.05) is 5.32 Å². The van der Waals surface area contributed by atoms with Crippen molar-refractivity contribution in [2.24, 2.45) is 0 Å². The van der Waals surface area contributed by atoms with E-state index in [9.17, 15) is 0 Å². The summed E-state index contributed by atoms with van der Waals surface area (Å²) in [6.07, 6.45) is 1.03. The Balaban J connectivity index is 1.41. The standard InChI is InChI=1S/C25H17NO/c1-2-6-20-16(5-1)13-17-9-10-18(14-22(17)20)26-19-11-12-25-23(15-19)21-7-3-4-8-24(21)27-25/h1-12,14-15,26H,13H2. The molecule has 0 aliphatic heterocycles. The van der Waals surface area contributed by atoms with E-state index in [1.165, 1.54) is 22.3 Å². The summed E-state index contributed by atoms with van der Waals surface area (Å²) in [4.78, 5) is 0. The van der Waals surface area contributed by atoms with Crippen LogP contribution in [0.1, 0.15) is 11.1 Å². The van der Waals surface area contributed by atoms with Crippen LogP contribution >= 0.6 is 0 Å². The molecular formula is C25H17NO. The third-order valence-corrected chi connectivity index (χ3v) is 5.46. The molecule has 0 atom stereocenters. The molecule has 0 fully saturated rings. The number of anilines is 2. The van der Waals surface area contributed by atoms with E-state index in [4.69, 9.17) is 4.42 Å². The van der Waals surface area contributed by atoms with Crippen LogP contribution in [0.15, 0.2) is 89.3 Å². The largest absolute Gasteiger partial charge is 0.456 e. The van der Waals surface area contributed by atoms with Gasteiger partial charge in [0, 0.05) is 22.1 Å². The predicted molar refractivity (Wildman–Crippen MR) is 112 cm³/mol. The summed E-state index contributed by atoms with van der Waals surface area (Å²) in [6.45, 7) is 0. The number of rotatable bonds is 2. The second-order valence-electron chi connectivity index (χ2n) is 7.14. The first-order valence-electron chi connectivity index (χ1n) is 9.25. The second-order valence-corrected chi connectivity index (χ2v) is 7.14. The SMILES string of the molecule is c1ccc2c(c1)Cc1ccc(Nc3ccc4oc5ccccc5c4c3)cc1-2. The zero-order chi connectivity index (χ0) is 17.8. The van der Waals surface area contributed by atoms with Gasteiger partial charge in [-0.05, 0) is 65.1 Å². The third-order valence-electron chi connectivity index (χ3n) is 5.46. The van der Waals surface area contributed by atoms with Gasteiger partial charge in [-0.3, -0.25) is 0 Å². The maximum absolute atomic E-state index is 5.93. The van der Waals surface area contributed by atoms with Crippen LogP contribution in [0.4, 0.5) is 11.4 Å². The van der Waals surface area contributed by atoms with Gasteiger partial charge in [0.05, 0.1) is 0 Å². The Kier molecular flexibility index (Phi) is 2.97. The molecule has 0 saturated carbocycles. The molecule has 128 valence electrons. The van der Waals surface area contributed by atoms with Gasteiger partial charge in [0.15, 0.2) is 0 Å². The molecule has 1 aromatic heterocycles. The van der Waals surface area contributed by atoms with Gasteiger partial charge >= 0.3 is 0 Å². The highest BCUT2D eigenvalue weighted by Gasteiger charge is 2.18. The summed E-state index contributed by atoms with van der Waals surface area (Å²) in [5.74, 6) is 0. The molecule has 1 heterocycles. The van der Waals surface area contributed by atoms with Gasteiger partial charge in [0.2, 0.25) is 0 Å². The van der Waals surface area contributed by atoms with Crippen molar-refractivity contribution in [3.8, 4) is 11.1 Å². The van der Waals surface area contributed by atoms with Crippen LogP contribution in [0.3, 0.4) is 0 Å². The average Bonchev–Trinajstić information content (AvgIpc) is 3.26. The fraction of sp³-hybridized carbons (Fsp3) is 0.0400. The molecule has 0 spiro atoms. The Hall–Kier alpha value is -3.52. The van der Waals surface area contributed by atoms with Crippen molar-refractivity contribution in [1.82, 2.24) is 0 Å². The van der Waals surface area contributed by atoms with Crippen LogP contribution in [-0.4, -0.2) is 0 Å². The summed E-state index contributed by atoms with van der Waals surface area (Å²) in [5, 5.41) is 5.86. The number of hydrogen-bond acceptors (Lipinski definition) is 2. The van der Waals surface area contributed by atoms with Gasteiger partial charge in [0.1, 0.15) is 11.2 Å². The summed E-state index contributed by atoms with van der Waals surface area (Å²) in [5.41, 5.74) is 9.54. The summed E-state index contributed by atoms with van der Waals surface area (Å²) < 4.78 is 5.93. The fourth-order valence-electron chi connectivity index (χ4n) is 4.17.